The Morgan fingerprint density at radius 3 is 2.82 bits per heavy atom. The first-order chi connectivity index (χ1) is 13.2. The molecule has 8 heteroatoms. The van der Waals surface area contributed by atoms with Crippen LogP contribution in [0.5, 0.6) is 5.75 Å². The molecule has 5 nitrogen and oxygen atoms in total. The number of benzene rings is 1. The fourth-order valence-corrected chi connectivity index (χ4v) is 4.47. The van der Waals surface area contributed by atoms with Crippen molar-refractivity contribution in [3.8, 4) is 5.75 Å². The van der Waals surface area contributed by atoms with Crippen molar-refractivity contribution in [2.45, 2.75) is 26.0 Å². The standard InChI is InChI=1S/C20H20BrClN2O3S/c1-20(2,26)11-27-16-13(5-4-6-14(16)21)10-24(3)19(25)15-9-12-7-8-23-18(22)17(12)28-15/h4-9,26H,10-11H2,1-3H3. The van der Waals surface area contributed by atoms with Gasteiger partial charge in [0.2, 0.25) is 0 Å². The lowest BCUT2D eigenvalue weighted by atomic mass is 10.1. The van der Waals surface area contributed by atoms with E-state index in [9.17, 15) is 9.90 Å². The first kappa shape index (κ1) is 21.0. The normalized spacial score (nSPS) is 11.6. The summed E-state index contributed by atoms with van der Waals surface area (Å²) in [5, 5.41) is 11.3. The number of halogens is 2. The maximum Gasteiger partial charge on any atom is 0.264 e. The summed E-state index contributed by atoms with van der Waals surface area (Å²) in [5.74, 6) is 0.513. The van der Waals surface area contributed by atoms with E-state index in [1.54, 1.807) is 32.0 Å². The van der Waals surface area contributed by atoms with Gasteiger partial charge in [0, 0.05) is 25.4 Å². The van der Waals surface area contributed by atoms with Gasteiger partial charge in [0.25, 0.3) is 5.91 Å². The van der Waals surface area contributed by atoms with Crippen molar-refractivity contribution < 1.29 is 14.6 Å². The highest BCUT2D eigenvalue weighted by molar-refractivity contribution is 9.10. The van der Waals surface area contributed by atoms with Crippen LogP contribution in [0.3, 0.4) is 0 Å². The van der Waals surface area contributed by atoms with Crippen LogP contribution in [0, 0.1) is 0 Å². The van der Waals surface area contributed by atoms with E-state index in [0.29, 0.717) is 22.3 Å². The van der Waals surface area contributed by atoms with Crippen molar-refractivity contribution in [3.63, 3.8) is 0 Å². The predicted molar refractivity (Wildman–Crippen MR) is 116 cm³/mol. The van der Waals surface area contributed by atoms with Gasteiger partial charge in [0.05, 0.1) is 19.7 Å². The number of carbonyl (C=O) groups excluding carboxylic acids is 1. The van der Waals surface area contributed by atoms with Crippen LogP contribution in [0.4, 0.5) is 0 Å². The SMILES string of the molecule is CN(Cc1cccc(Br)c1OCC(C)(C)O)C(=O)c1cc2ccnc(Cl)c2s1. The first-order valence-electron chi connectivity index (χ1n) is 8.58. The molecule has 3 rings (SSSR count). The second kappa shape index (κ2) is 8.37. The zero-order valence-corrected chi connectivity index (χ0v) is 18.9. The van der Waals surface area contributed by atoms with E-state index in [4.69, 9.17) is 16.3 Å². The fraction of sp³-hybridized carbons (Fsp3) is 0.300. The summed E-state index contributed by atoms with van der Waals surface area (Å²) in [5.41, 5.74) is -0.117. The van der Waals surface area contributed by atoms with Crippen LogP contribution >= 0.6 is 38.9 Å². The molecule has 0 aliphatic rings. The summed E-state index contributed by atoms with van der Waals surface area (Å²) in [6.07, 6.45) is 1.63. The molecule has 1 amide bonds. The van der Waals surface area contributed by atoms with Gasteiger partial charge in [-0.05, 0) is 53.4 Å². The number of amides is 1. The highest BCUT2D eigenvalue weighted by Crippen LogP contribution is 2.33. The quantitative estimate of drug-likeness (QED) is 0.494. The molecule has 3 aromatic rings. The summed E-state index contributed by atoms with van der Waals surface area (Å²) < 4.78 is 7.40. The van der Waals surface area contributed by atoms with E-state index in [0.717, 1.165) is 20.1 Å². The minimum absolute atomic E-state index is 0.106. The number of carbonyl (C=O) groups is 1. The maximum absolute atomic E-state index is 12.9. The molecule has 0 radical (unpaired) electrons. The third-order valence-electron chi connectivity index (χ3n) is 3.97. The van der Waals surface area contributed by atoms with Gasteiger partial charge < -0.3 is 14.7 Å². The van der Waals surface area contributed by atoms with Crippen LogP contribution < -0.4 is 4.74 Å². The second-order valence-electron chi connectivity index (χ2n) is 7.12. The summed E-state index contributed by atoms with van der Waals surface area (Å²) in [6, 6.07) is 9.33. The van der Waals surface area contributed by atoms with Crippen molar-refractivity contribution in [1.82, 2.24) is 9.88 Å². The third kappa shape index (κ3) is 4.84. The van der Waals surface area contributed by atoms with Crippen molar-refractivity contribution in [2.24, 2.45) is 0 Å². The van der Waals surface area contributed by atoms with Crippen LogP contribution in [0.1, 0.15) is 29.1 Å². The molecule has 0 aliphatic carbocycles. The zero-order valence-electron chi connectivity index (χ0n) is 15.7. The number of rotatable bonds is 6. The van der Waals surface area contributed by atoms with Crippen molar-refractivity contribution in [2.75, 3.05) is 13.7 Å². The maximum atomic E-state index is 12.9. The average Bonchev–Trinajstić information content (AvgIpc) is 3.05. The summed E-state index contributed by atoms with van der Waals surface area (Å²) in [6.45, 7) is 3.86. The van der Waals surface area contributed by atoms with E-state index < -0.39 is 5.60 Å². The molecule has 0 unspecified atom stereocenters. The number of ether oxygens (including phenoxy) is 1. The van der Waals surface area contributed by atoms with Crippen molar-refractivity contribution in [3.05, 3.63) is 56.6 Å². The zero-order chi connectivity index (χ0) is 20.5. The minimum atomic E-state index is -0.960. The number of pyridine rings is 1. The Bertz CT molecular complexity index is 1020. The van der Waals surface area contributed by atoms with Crippen LogP contribution in [0.15, 0.2) is 41.0 Å². The topological polar surface area (TPSA) is 62.7 Å². The molecule has 1 N–H and O–H groups in total. The molecule has 0 spiro atoms. The lowest BCUT2D eigenvalue weighted by molar-refractivity contribution is 0.0276. The summed E-state index contributed by atoms with van der Waals surface area (Å²) >= 11 is 10.9. The van der Waals surface area contributed by atoms with Crippen molar-refractivity contribution >= 4 is 54.9 Å². The molecule has 0 atom stereocenters. The third-order valence-corrected chi connectivity index (χ3v) is 6.14. The van der Waals surface area contributed by atoms with Gasteiger partial charge in [-0.1, -0.05) is 23.7 Å². The molecule has 2 heterocycles. The van der Waals surface area contributed by atoms with Gasteiger partial charge in [-0.2, -0.15) is 0 Å². The largest absolute Gasteiger partial charge is 0.489 e. The van der Waals surface area contributed by atoms with Crippen molar-refractivity contribution in [1.29, 1.82) is 0 Å². The number of nitrogens with zero attached hydrogens (tertiary/aromatic N) is 2. The van der Waals surface area contributed by atoms with Crippen LogP contribution in [0.2, 0.25) is 5.15 Å². The molecule has 28 heavy (non-hydrogen) atoms. The monoisotopic (exact) mass is 482 g/mol. The molecule has 0 fully saturated rings. The van der Waals surface area contributed by atoms with E-state index in [-0.39, 0.29) is 12.5 Å². The van der Waals surface area contributed by atoms with Gasteiger partial charge in [0.15, 0.2) is 0 Å². The van der Waals surface area contributed by atoms with Gasteiger partial charge in [-0.25, -0.2) is 4.98 Å². The number of fused-ring (bicyclic) bond motifs is 1. The summed E-state index contributed by atoms with van der Waals surface area (Å²) in [7, 11) is 1.74. The number of hydrogen-bond acceptors (Lipinski definition) is 5. The number of para-hydroxylation sites is 1. The van der Waals surface area contributed by atoms with Gasteiger partial charge in [-0.3, -0.25) is 4.79 Å². The Morgan fingerprint density at radius 1 is 1.39 bits per heavy atom. The number of aromatic nitrogens is 1. The fourth-order valence-electron chi connectivity index (χ4n) is 2.64. The van der Waals surface area contributed by atoms with Gasteiger partial charge >= 0.3 is 0 Å². The van der Waals surface area contributed by atoms with E-state index >= 15 is 0 Å². The smallest absolute Gasteiger partial charge is 0.264 e. The average molecular weight is 484 g/mol. The van der Waals surface area contributed by atoms with E-state index in [2.05, 4.69) is 20.9 Å². The highest BCUT2D eigenvalue weighted by atomic mass is 79.9. The summed E-state index contributed by atoms with van der Waals surface area (Å²) in [4.78, 5) is 19.2. The lowest BCUT2D eigenvalue weighted by Crippen LogP contribution is -2.29. The van der Waals surface area contributed by atoms with E-state index in [1.165, 1.54) is 11.3 Å². The number of aliphatic hydroxyl groups is 1. The molecule has 0 saturated carbocycles. The van der Waals surface area contributed by atoms with Crippen LogP contribution in [-0.2, 0) is 6.54 Å². The van der Waals surface area contributed by atoms with Gasteiger partial charge in [0.1, 0.15) is 17.5 Å². The Labute approximate surface area is 181 Å². The van der Waals surface area contributed by atoms with E-state index in [1.807, 2.05) is 30.3 Å². The molecule has 0 bridgehead atoms. The Balaban J connectivity index is 1.82. The predicted octanol–water partition coefficient (Wildman–Crippen LogP) is 5.13. The van der Waals surface area contributed by atoms with Crippen LogP contribution in [-0.4, -0.2) is 40.2 Å². The number of thiophene rings is 1. The van der Waals surface area contributed by atoms with Crippen LogP contribution in [0.25, 0.3) is 10.1 Å². The Hall–Kier alpha value is -1.67. The first-order valence-corrected chi connectivity index (χ1v) is 10.6. The number of hydrogen-bond donors (Lipinski definition) is 1. The molecule has 0 saturated heterocycles. The molecular formula is C20H20BrClN2O3S. The molecular weight excluding hydrogens is 464 g/mol. The van der Waals surface area contributed by atoms with Gasteiger partial charge in [-0.15, -0.1) is 11.3 Å². The highest BCUT2D eigenvalue weighted by Gasteiger charge is 2.20. The Morgan fingerprint density at radius 2 is 2.14 bits per heavy atom. The lowest BCUT2D eigenvalue weighted by Gasteiger charge is -2.22. The molecule has 1 aromatic carbocycles. The molecule has 2 aromatic heterocycles. The molecule has 0 aliphatic heterocycles. The minimum Gasteiger partial charge on any atom is -0.489 e. The Kier molecular flexibility index (Phi) is 6.29. The molecule has 148 valence electrons. The second-order valence-corrected chi connectivity index (χ2v) is 9.39.